The lowest BCUT2D eigenvalue weighted by Crippen LogP contribution is -2.43. The first-order chi connectivity index (χ1) is 16.4. The Morgan fingerprint density at radius 2 is 2.15 bits per heavy atom. The van der Waals surface area contributed by atoms with Gasteiger partial charge in [0.15, 0.2) is 6.23 Å². The number of amides is 1. The predicted octanol–water partition coefficient (Wildman–Crippen LogP) is -0.160. The molecule has 0 bridgehead atoms. The second-order valence-corrected chi connectivity index (χ2v) is 9.00. The number of hydrogen-bond acceptors (Lipinski definition) is 11. The molecule has 13 heteroatoms. The van der Waals surface area contributed by atoms with Crippen LogP contribution in [0.2, 0.25) is 0 Å². The molecule has 1 aliphatic rings. The number of hydrogen-bond donors (Lipinski definition) is 4. The van der Waals surface area contributed by atoms with Gasteiger partial charge in [-0.15, -0.1) is 0 Å². The predicted molar refractivity (Wildman–Crippen MR) is 125 cm³/mol. The number of esters is 1. The monoisotopic (exact) mass is 497 g/mol. The summed E-state index contributed by atoms with van der Waals surface area (Å²) in [6.07, 6.45) is 0.259. The van der Waals surface area contributed by atoms with Crippen molar-refractivity contribution in [3.63, 3.8) is 0 Å². The molecule has 1 aliphatic heterocycles. The van der Waals surface area contributed by atoms with Crippen LogP contribution in [0.4, 0.5) is 5.82 Å². The number of aliphatic hydroxyl groups excluding tert-OH is 2. The van der Waals surface area contributed by atoms with E-state index in [9.17, 15) is 19.8 Å². The normalized spacial score (nSPS) is 23.2. The van der Waals surface area contributed by atoms with Crippen LogP contribution in [0.15, 0.2) is 18.6 Å². The first-order valence-electron chi connectivity index (χ1n) is 11.0. The minimum absolute atomic E-state index is 0.156. The van der Waals surface area contributed by atoms with Crippen LogP contribution in [0.25, 0.3) is 11.0 Å². The zero-order chi connectivity index (χ0) is 24.7. The number of rotatable bonds is 12. The first-order valence-corrected chi connectivity index (χ1v) is 12.1. The van der Waals surface area contributed by atoms with E-state index in [1.165, 1.54) is 25.2 Å². The van der Waals surface area contributed by atoms with E-state index in [1.54, 1.807) is 16.8 Å². The molecule has 0 saturated carbocycles. The molecule has 5 atom stereocenters. The third-order valence-corrected chi connectivity index (χ3v) is 6.42. The Hall–Kier alpha value is -2.45. The molecule has 1 saturated heterocycles. The van der Waals surface area contributed by atoms with Crippen molar-refractivity contribution in [3.8, 4) is 0 Å². The maximum Gasteiger partial charge on any atom is 0.328 e. The van der Waals surface area contributed by atoms with Crippen molar-refractivity contribution < 1.29 is 34.0 Å². The summed E-state index contributed by atoms with van der Waals surface area (Å²) in [7, 11) is 1.40. The summed E-state index contributed by atoms with van der Waals surface area (Å²) in [5, 5.41) is 24.3. The van der Waals surface area contributed by atoms with Crippen molar-refractivity contribution in [2.24, 2.45) is 0 Å². The van der Waals surface area contributed by atoms with E-state index < -0.39 is 42.5 Å². The number of aromatic nitrogens is 3. The van der Waals surface area contributed by atoms with Gasteiger partial charge in [-0.25, -0.2) is 14.8 Å². The zero-order valence-electron chi connectivity index (χ0n) is 19.1. The van der Waals surface area contributed by atoms with Crippen LogP contribution < -0.4 is 11.1 Å². The van der Waals surface area contributed by atoms with Crippen molar-refractivity contribution in [2.45, 2.75) is 50.3 Å². The first kappa shape index (κ1) is 26.2. The minimum Gasteiger partial charge on any atom is -0.464 e. The lowest BCUT2D eigenvalue weighted by molar-refractivity contribution is -0.148. The number of nitrogen functional groups attached to an aromatic ring is 1. The fourth-order valence-corrected chi connectivity index (χ4v) is 4.69. The van der Waals surface area contributed by atoms with Gasteiger partial charge in [0.1, 0.15) is 42.6 Å². The molecule has 1 amide bonds. The lowest BCUT2D eigenvalue weighted by Gasteiger charge is -2.18. The smallest absolute Gasteiger partial charge is 0.328 e. The molecule has 0 spiro atoms. The third kappa shape index (κ3) is 6.16. The number of ether oxygens (including phenoxy) is 3. The summed E-state index contributed by atoms with van der Waals surface area (Å²) in [4.78, 5) is 32.3. The van der Waals surface area contributed by atoms with E-state index in [4.69, 9.17) is 19.9 Å². The highest BCUT2D eigenvalue weighted by molar-refractivity contribution is 7.99. The largest absolute Gasteiger partial charge is 0.464 e. The molecule has 2 aromatic heterocycles. The number of anilines is 1. The van der Waals surface area contributed by atoms with Gasteiger partial charge in [-0.2, -0.15) is 11.8 Å². The highest BCUT2D eigenvalue weighted by Gasteiger charge is 2.44. The van der Waals surface area contributed by atoms with E-state index in [1.807, 2.05) is 6.92 Å². The molecule has 3 rings (SSSR count). The minimum atomic E-state index is -1.16. The number of carbonyl (C=O) groups excluding carboxylic acids is 2. The number of fused-ring (bicyclic) bond motifs is 1. The number of nitrogens with one attached hydrogen (secondary N) is 1. The van der Waals surface area contributed by atoms with Gasteiger partial charge >= 0.3 is 5.97 Å². The molecule has 0 aromatic carbocycles. The SMILES string of the molecule is CCCOC(=O)C(CCSC[C@H]1O[C@@H](n2ccc3c(N)ncnc32)[C@H](O)[C@@H]1O)NC(=O)COC. The number of nitrogens with two attached hydrogens (primary N) is 1. The molecular weight excluding hydrogens is 466 g/mol. The van der Waals surface area contributed by atoms with Gasteiger partial charge in [-0.3, -0.25) is 4.79 Å². The van der Waals surface area contributed by atoms with Gasteiger partial charge in [0.25, 0.3) is 0 Å². The average Bonchev–Trinajstić information content (AvgIpc) is 3.36. The number of carbonyl (C=O) groups is 2. The Balaban J connectivity index is 1.55. The van der Waals surface area contributed by atoms with Crippen LogP contribution in [0.5, 0.6) is 0 Å². The molecule has 5 N–H and O–H groups in total. The van der Waals surface area contributed by atoms with E-state index in [2.05, 4.69) is 15.3 Å². The summed E-state index contributed by atoms with van der Waals surface area (Å²) in [6, 6.07) is 0.927. The molecule has 12 nitrogen and oxygen atoms in total. The molecule has 0 aliphatic carbocycles. The molecular formula is C21H31N5O7S. The van der Waals surface area contributed by atoms with E-state index >= 15 is 0 Å². The maximum absolute atomic E-state index is 12.3. The summed E-state index contributed by atoms with van der Waals surface area (Å²) >= 11 is 1.43. The average molecular weight is 498 g/mol. The second kappa shape index (κ2) is 12.3. The highest BCUT2D eigenvalue weighted by Crippen LogP contribution is 2.34. The number of methoxy groups -OCH3 is 1. The van der Waals surface area contributed by atoms with Crippen LogP contribution in [-0.2, 0) is 23.8 Å². The topological polar surface area (TPSA) is 171 Å². The van der Waals surface area contributed by atoms with E-state index in [-0.39, 0.29) is 13.2 Å². The van der Waals surface area contributed by atoms with Gasteiger partial charge in [0, 0.05) is 19.1 Å². The standard InChI is InChI=1S/C21H31N5O7S/c1-3-7-32-21(30)13(25-15(27)9-31-2)5-8-34-10-14-16(28)17(29)20(33-14)26-6-4-12-18(22)23-11-24-19(12)26/h4,6,11,13-14,16-17,20,28-29H,3,5,7-10H2,1-2H3,(H,25,27)(H2,22,23,24)/t13?,14-,16-,17-,20-/m1/s1. The molecule has 188 valence electrons. The Labute approximate surface area is 201 Å². The highest BCUT2D eigenvalue weighted by atomic mass is 32.2. The molecule has 1 unspecified atom stereocenters. The molecule has 2 aromatic rings. The van der Waals surface area contributed by atoms with Gasteiger partial charge < -0.3 is 40.0 Å². The van der Waals surface area contributed by atoms with E-state index in [0.29, 0.717) is 41.2 Å². The number of thioether (sulfide) groups is 1. The maximum atomic E-state index is 12.3. The lowest BCUT2D eigenvalue weighted by atomic mass is 10.1. The van der Waals surface area contributed by atoms with Crippen LogP contribution >= 0.6 is 11.8 Å². The van der Waals surface area contributed by atoms with Crippen molar-refractivity contribution in [1.82, 2.24) is 19.9 Å². The fraction of sp³-hybridized carbons (Fsp3) is 0.619. The summed E-state index contributed by atoms with van der Waals surface area (Å²) in [6.45, 7) is 2.00. The van der Waals surface area contributed by atoms with Gasteiger partial charge in [-0.05, 0) is 24.7 Å². The molecule has 1 fully saturated rings. The Kier molecular flexibility index (Phi) is 9.47. The number of aliphatic hydroxyl groups is 2. The quantitative estimate of drug-likeness (QED) is 0.227. The van der Waals surface area contributed by atoms with Gasteiger partial charge in [0.05, 0.1) is 18.1 Å². The van der Waals surface area contributed by atoms with Crippen molar-refractivity contribution in [3.05, 3.63) is 18.6 Å². The third-order valence-electron chi connectivity index (χ3n) is 5.33. The van der Waals surface area contributed by atoms with Crippen LogP contribution in [0, 0.1) is 0 Å². The number of nitrogens with zero attached hydrogens (tertiary/aromatic N) is 3. The molecule has 0 radical (unpaired) electrons. The van der Waals surface area contributed by atoms with Crippen LogP contribution in [-0.4, -0.2) is 92.8 Å². The Morgan fingerprint density at radius 1 is 1.35 bits per heavy atom. The summed E-state index contributed by atoms with van der Waals surface area (Å²) in [5.41, 5.74) is 6.37. The fourth-order valence-electron chi connectivity index (χ4n) is 3.61. The summed E-state index contributed by atoms with van der Waals surface area (Å²) < 4.78 is 17.5. The summed E-state index contributed by atoms with van der Waals surface area (Å²) in [5.74, 6) is 0.264. The van der Waals surface area contributed by atoms with Crippen molar-refractivity contribution >= 4 is 40.5 Å². The Bertz CT molecular complexity index is 974. The van der Waals surface area contributed by atoms with Crippen molar-refractivity contribution in [1.29, 1.82) is 0 Å². The van der Waals surface area contributed by atoms with Gasteiger partial charge in [0.2, 0.25) is 5.91 Å². The zero-order valence-corrected chi connectivity index (χ0v) is 19.9. The van der Waals surface area contributed by atoms with Gasteiger partial charge in [-0.1, -0.05) is 6.92 Å². The van der Waals surface area contributed by atoms with E-state index in [0.717, 1.165) is 0 Å². The van der Waals surface area contributed by atoms with Crippen LogP contribution in [0.1, 0.15) is 26.0 Å². The molecule has 3 heterocycles. The molecule has 34 heavy (non-hydrogen) atoms. The second-order valence-electron chi connectivity index (χ2n) is 7.85. The van der Waals surface area contributed by atoms with Crippen LogP contribution in [0.3, 0.4) is 0 Å². The van der Waals surface area contributed by atoms with Crippen molar-refractivity contribution in [2.75, 3.05) is 37.6 Å². The Morgan fingerprint density at radius 3 is 2.88 bits per heavy atom.